The Morgan fingerprint density at radius 3 is 2.60 bits per heavy atom. The molecule has 2 fully saturated rings. The fraction of sp³-hybridized carbons (Fsp3) is 0.560. The van der Waals surface area contributed by atoms with Gasteiger partial charge in [-0.05, 0) is 11.5 Å². The molecular formula is C25H36N9O6+. The van der Waals surface area contributed by atoms with Gasteiger partial charge in [-0.2, -0.15) is 0 Å². The first-order chi connectivity index (χ1) is 18.6. The van der Waals surface area contributed by atoms with Crippen molar-refractivity contribution in [2.24, 2.45) is 16.5 Å². The van der Waals surface area contributed by atoms with Gasteiger partial charge in [-0.15, -0.1) is 0 Å². The molecule has 4 aliphatic rings. The van der Waals surface area contributed by atoms with Gasteiger partial charge >= 0.3 is 12.0 Å². The third-order valence-electron chi connectivity index (χ3n) is 8.06. The zero-order valence-corrected chi connectivity index (χ0v) is 23.1. The van der Waals surface area contributed by atoms with Crippen LogP contribution in [-0.2, 0) is 10.2 Å². The molecule has 0 saturated carbocycles. The molecule has 9 N–H and O–H groups in total. The molecule has 0 aliphatic carbocycles. The van der Waals surface area contributed by atoms with Gasteiger partial charge < -0.3 is 36.2 Å². The van der Waals surface area contributed by atoms with Crippen molar-refractivity contribution >= 4 is 29.8 Å². The second-order valence-electron chi connectivity index (χ2n) is 11.6. The average Bonchev–Trinajstić information content (AvgIpc) is 3.43. The highest BCUT2D eigenvalue weighted by Crippen LogP contribution is 2.42. The Balaban J connectivity index is 1.48. The van der Waals surface area contributed by atoms with E-state index in [1.807, 2.05) is 26.8 Å². The quantitative estimate of drug-likeness (QED) is 0.110. The van der Waals surface area contributed by atoms with Crippen LogP contribution in [0.4, 0.5) is 4.79 Å². The molecule has 5 rings (SSSR count). The van der Waals surface area contributed by atoms with Crippen LogP contribution in [-0.4, -0.2) is 118 Å². The molecule has 4 atom stereocenters. The maximum absolute atomic E-state index is 13.5. The van der Waals surface area contributed by atoms with Crippen LogP contribution in [0.2, 0.25) is 0 Å². The zero-order valence-electron chi connectivity index (χ0n) is 23.1. The predicted octanol–water partition coefficient (Wildman–Crippen LogP) is -3.04. The molecule has 2 saturated heterocycles. The van der Waals surface area contributed by atoms with E-state index in [2.05, 4.69) is 20.9 Å². The SMILES string of the molecule is COc1c(C(=O)NC2C[N+]3=C(N)N[C@@H](CN4C(=O)CN(C)C4=O)C4N=C(N)NC43C2(O)O)cccc1C(C)(C)C. The number of carbonyl (C=O) groups excluding carboxylic acids is 3. The lowest BCUT2D eigenvalue weighted by atomic mass is 9.84. The van der Waals surface area contributed by atoms with Crippen molar-refractivity contribution in [3.8, 4) is 5.75 Å². The molecule has 40 heavy (non-hydrogen) atoms. The lowest BCUT2D eigenvalue weighted by Crippen LogP contribution is -2.79. The molecule has 0 bridgehead atoms. The molecule has 1 aromatic rings. The van der Waals surface area contributed by atoms with Crippen LogP contribution < -0.4 is 32.2 Å². The summed E-state index contributed by atoms with van der Waals surface area (Å²) in [6.45, 7) is 5.63. The number of para-hydroxylation sites is 1. The molecule has 4 amide bonds. The third-order valence-corrected chi connectivity index (χ3v) is 8.06. The molecule has 216 valence electrons. The van der Waals surface area contributed by atoms with E-state index in [1.54, 1.807) is 12.1 Å². The van der Waals surface area contributed by atoms with E-state index in [0.717, 1.165) is 10.5 Å². The Morgan fingerprint density at radius 1 is 1.30 bits per heavy atom. The van der Waals surface area contributed by atoms with E-state index in [-0.39, 0.29) is 42.5 Å². The van der Waals surface area contributed by atoms with E-state index in [0.29, 0.717) is 5.75 Å². The lowest BCUT2D eigenvalue weighted by molar-refractivity contribution is -0.623. The van der Waals surface area contributed by atoms with Crippen LogP contribution in [0, 0.1) is 0 Å². The Morgan fingerprint density at radius 2 is 2.00 bits per heavy atom. The number of hydrogen-bond acceptors (Lipinski definition) is 11. The summed E-state index contributed by atoms with van der Waals surface area (Å²) in [6.07, 6.45) is 0. The van der Waals surface area contributed by atoms with Gasteiger partial charge in [0, 0.05) is 12.6 Å². The maximum Gasteiger partial charge on any atom is 0.346 e. The highest BCUT2D eigenvalue weighted by atomic mass is 16.5. The van der Waals surface area contributed by atoms with Gasteiger partial charge in [0.2, 0.25) is 17.4 Å². The van der Waals surface area contributed by atoms with E-state index < -0.39 is 47.4 Å². The molecule has 4 heterocycles. The van der Waals surface area contributed by atoms with Gasteiger partial charge in [0.05, 0.1) is 25.8 Å². The minimum atomic E-state index is -2.66. The second-order valence-corrected chi connectivity index (χ2v) is 11.6. The van der Waals surface area contributed by atoms with E-state index in [9.17, 15) is 24.6 Å². The van der Waals surface area contributed by atoms with Crippen LogP contribution >= 0.6 is 0 Å². The number of nitrogens with two attached hydrogens (primary N) is 2. The van der Waals surface area contributed by atoms with Crippen molar-refractivity contribution < 1.29 is 33.9 Å². The number of aliphatic imine (C=N–C) groups is 1. The molecule has 0 radical (unpaired) electrons. The lowest BCUT2D eigenvalue weighted by Gasteiger charge is -2.44. The van der Waals surface area contributed by atoms with Gasteiger partial charge in [-0.3, -0.25) is 25.5 Å². The molecule has 15 nitrogen and oxygen atoms in total. The van der Waals surface area contributed by atoms with E-state index >= 15 is 0 Å². The first-order valence-corrected chi connectivity index (χ1v) is 12.9. The van der Waals surface area contributed by atoms with Gasteiger partial charge in [0.15, 0.2) is 5.96 Å². The first kappa shape index (κ1) is 27.5. The fourth-order valence-corrected chi connectivity index (χ4v) is 6.12. The molecular weight excluding hydrogens is 522 g/mol. The summed E-state index contributed by atoms with van der Waals surface area (Å²) in [5.41, 5.74) is 11.3. The van der Waals surface area contributed by atoms with Crippen molar-refractivity contribution in [2.75, 3.05) is 33.8 Å². The summed E-state index contributed by atoms with van der Waals surface area (Å²) >= 11 is 0. The molecule has 4 aliphatic heterocycles. The third kappa shape index (κ3) is 3.83. The highest BCUT2D eigenvalue weighted by Gasteiger charge is 2.75. The van der Waals surface area contributed by atoms with Crippen LogP contribution in [0.5, 0.6) is 5.75 Å². The number of urea groups is 1. The Bertz CT molecular complexity index is 1350. The van der Waals surface area contributed by atoms with E-state index in [1.165, 1.54) is 23.6 Å². The Hall–Kier alpha value is -4.11. The van der Waals surface area contributed by atoms with Crippen LogP contribution in [0.15, 0.2) is 23.2 Å². The second kappa shape index (κ2) is 8.96. The molecule has 15 heteroatoms. The van der Waals surface area contributed by atoms with Gasteiger partial charge in [0.25, 0.3) is 5.91 Å². The fourth-order valence-electron chi connectivity index (χ4n) is 6.12. The number of imide groups is 1. The van der Waals surface area contributed by atoms with Gasteiger partial charge in [0.1, 0.15) is 30.4 Å². The summed E-state index contributed by atoms with van der Waals surface area (Å²) in [4.78, 5) is 45.3. The molecule has 0 aromatic heterocycles. The number of ether oxygens (including phenoxy) is 1. The van der Waals surface area contributed by atoms with Crippen molar-refractivity contribution in [1.82, 2.24) is 25.8 Å². The number of benzene rings is 1. The summed E-state index contributed by atoms with van der Waals surface area (Å²) in [5, 5.41) is 32.0. The number of methoxy groups -OCH3 is 1. The normalized spacial score (nSPS) is 29.1. The minimum Gasteiger partial charge on any atom is -0.496 e. The standard InChI is InChI=1S/C25H35N9O6/c1-23(2,3)13-8-6-7-12(17(13)40-5)19(36)29-15-10-34-21(27)28-14(9-33-16(35)11-32(4)22(33)37)18-24(34,25(15,38)39)31-20(26)30-18/h6-8,14-15,18,38-39H,9-11H2,1-5H3,(H6,26,27,28,29,30,31,36)/p+1/t14-,15?,18?,24?/m0/s1. The van der Waals surface area contributed by atoms with E-state index in [4.69, 9.17) is 16.2 Å². The number of amides is 4. The summed E-state index contributed by atoms with van der Waals surface area (Å²) in [6, 6.07) is 1.61. The number of nitrogens with one attached hydrogen (secondary N) is 3. The Labute approximate surface area is 230 Å². The molecule has 1 spiro atoms. The predicted molar refractivity (Wildman–Crippen MR) is 142 cm³/mol. The monoisotopic (exact) mass is 558 g/mol. The topological polar surface area (TPSA) is 211 Å². The van der Waals surface area contributed by atoms with Crippen LogP contribution in [0.1, 0.15) is 36.7 Å². The van der Waals surface area contributed by atoms with Crippen LogP contribution in [0.25, 0.3) is 0 Å². The molecule has 3 unspecified atom stereocenters. The number of aliphatic hydroxyl groups is 2. The number of carbonyl (C=O) groups is 3. The Kier molecular flexibility index (Phi) is 6.15. The van der Waals surface area contributed by atoms with Crippen molar-refractivity contribution in [3.63, 3.8) is 0 Å². The summed E-state index contributed by atoms with van der Waals surface area (Å²) < 4.78 is 7.05. The summed E-state index contributed by atoms with van der Waals surface area (Å²) in [7, 11) is 2.98. The zero-order chi connectivity index (χ0) is 29.4. The van der Waals surface area contributed by atoms with Gasteiger partial charge in [-0.1, -0.05) is 32.9 Å². The van der Waals surface area contributed by atoms with Crippen LogP contribution in [0.3, 0.4) is 0 Å². The number of likely N-dealkylation sites (N-methyl/N-ethyl adjacent to an activating group) is 1. The number of rotatable bonds is 5. The molecule has 1 aromatic carbocycles. The highest BCUT2D eigenvalue weighted by molar-refractivity contribution is 6.02. The van der Waals surface area contributed by atoms with Gasteiger partial charge in [-0.25, -0.2) is 14.4 Å². The smallest absolute Gasteiger partial charge is 0.346 e. The summed E-state index contributed by atoms with van der Waals surface area (Å²) in [5.74, 6) is -3.33. The minimum absolute atomic E-state index is 0.0302. The first-order valence-electron chi connectivity index (χ1n) is 12.9. The number of nitrogens with zero attached hydrogens (tertiary/aromatic N) is 4. The van der Waals surface area contributed by atoms with Crippen molar-refractivity contribution in [3.05, 3.63) is 29.3 Å². The maximum atomic E-state index is 13.5. The van der Waals surface area contributed by atoms with Crippen molar-refractivity contribution in [1.29, 1.82) is 0 Å². The largest absolute Gasteiger partial charge is 0.496 e. The number of guanidine groups is 2. The number of hydrogen-bond donors (Lipinski definition) is 7. The average molecular weight is 559 g/mol. The van der Waals surface area contributed by atoms with Crippen molar-refractivity contribution in [2.45, 2.75) is 55.8 Å².